The third-order valence-electron chi connectivity index (χ3n) is 7.05. The first-order valence-electron chi connectivity index (χ1n) is 12.1. The number of amides is 1. The second-order valence-electron chi connectivity index (χ2n) is 9.53. The van der Waals surface area contributed by atoms with Crippen LogP contribution in [0.15, 0.2) is 61.2 Å². The summed E-state index contributed by atoms with van der Waals surface area (Å²) in [6.45, 7) is 5.56. The van der Waals surface area contributed by atoms with Gasteiger partial charge in [-0.2, -0.15) is 5.10 Å². The van der Waals surface area contributed by atoms with Crippen LogP contribution in [-0.2, 0) is 0 Å². The molecule has 0 aliphatic carbocycles. The third kappa shape index (κ3) is 5.23. The van der Waals surface area contributed by atoms with E-state index in [4.69, 9.17) is 0 Å². The molecule has 36 heavy (non-hydrogen) atoms. The molecule has 1 amide bonds. The van der Waals surface area contributed by atoms with E-state index in [1.54, 1.807) is 24.7 Å². The molecule has 7 nitrogen and oxygen atoms in total. The second-order valence-corrected chi connectivity index (χ2v) is 9.53. The predicted molar refractivity (Wildman–Crippen MR) is 127 cm³/mol. The van der Waals surface area contributed by atoms with Crippen molar-refractivity contribution in [1.82, 2.24) is 24.6 Å². The number of carbonyl (C=O) groups excluding carboxylic acids is 1. The van der Waals surface area contributed by atoms with E-state index < -0.39 is 6.36 Å². The summed E-state index contributed by atoms with van der Waals surface area (Å²) in [6, 6.07) is 9.91. The van der Waals surface area contributed by atoms with Gasteiger partial charge >= 0.3 is 6.36 Å². The van der Waals surface area contributed by atoms with Crippen LogP contribution in [-0.4, -0.2) is 69.1 Å². The minimum atomic E-state index is -4.78. The molecule has 0 spiro atoms. The Morgan fingerprint density at radius 2 is 1.83 bits per heavy atom. The second kappa shape index (κ2) is 9.93. The lowest BCUT2D eigenvalue weighted by atomic mass is 9.79. The van der Waals surface area contributed by atoms with Crippen LogP contribution in [0.5, 0.6) is 5.75 Å². The molecule has 0 radical (unpaired) electrons. The van der Waals surface area contributed by atoms with E-state index in [0.29, 0.717) is 30.4 Å². The molecule has 0 bridgehead atoms. The number of ether oxygens (including phenoxy) is 1. The van der Waals surface area contributed by atoms with Crippen molar-refractivity contribution in [2.75, 3.05) is 26.2 Å². The Labute approximate surface area is 207 Å². The maximum Gasteiger partial charge on any atom is 0.573 e. The number of rotatable bonds is 5. The Hall–Kier alpha value is -3.40. The Balaban J connectivity index is 1.36. The zero-order valence-corrected chi connectivity index (χ0v) is 19.9. The van der Waals surface area contributed by atoms with Crippen LogP contribution >= 0.6 is 0 Å². The number of hydrogen-bond donors (Lipinski definition) is 0. The molecular formula is C26H28F3N5O2. The Bertz CT molecular complexity index is 1190. The van der Waals surface area contributed by atoms with E-state index in [-0.39, 0.29) is 23.5 Å². The number of halogens is 3. The van der Waals surface area contributed by atoms with Crippen molar-refractivity contribution >= 4 is 5.91 Å². The van der Waals surface area contributed by atoms with E-state index in [2.05, 4.69) is 26.6 Å². The Morgan fingerprint density at radius 3 is 2.56 bits per heavy atom. The van der Waals surface area contributed by atoms with E-state index >= 15 is 0 Å². The fraction of sp³-hybridized carbons (Fsp3) is 0.423. The van der Waals surface area contributed by atoms with Crippen LogP contribution in [0.4, 0.5) is 13.2 Å². The van der Waals surface area contributed by atoms with Gasteiger partial charge in [-0.15, -0.1) is 13.2 Å². The normalized spacial score (nSPS) is 23.1. The predicted octanol–water partition coefficient (Wildman–Crippen LogP) is 4.51. The molecule has 10 heteroatoms. The summed E-state index contributed by atoms with van der Waals surface area (Å²) < 4.78 is 43.2. The summed E-state index contributed by atoms with van der Waals surface area (Å²) in [4.78, 5) is 22.1. The molecule has 2 fully saturated rings. The lowest BCUT2D eigenvalue weighted by molar-refractivity contribution is -0.274. The first-order chi connectivity index (χ1) is 17.3. The number of pyridine rings is 1. The molecule has 2 saturated heterocycles. The van der Waals surface area contributed by atoms with Gasteiger partial charge in [-0.1, -0.05) is 13.0 Å². The molecule has 2 aliphatic rings. The zero-order valence-electron chi connectivity index (χ0n) is 19.9. The van der Waals surface area contributed by atoms with Crippen molar-refractivity contribution < 1.29 is 22.7 Å². The van der Waals surface area contributed by atoms with Gasteiger partial charge in [0, 0.05) is 49.7 Å². The number of benzene rings is 1. The van der Waals surface area contributed by atoms with Gasteiger partial charge in [-0.3, -0.25) is 14.7 Å². The van der Waals surface area contributed by atoms with Gasteiger partial charge in [-0.05, 0) is 61.7 Å². The third-order valence-corrected chi connectivity index (χ3v) is 7.05. The smallest absolute Gasteiger partial charge is 0.406 e. The van der Waals surface area contributed by atoms with Crippen molar-refractivity contribution in [2.45, 2.75) is 38.1 Å². The standard InChI is InChI=1S/C26H28F3N5O2/c1-18-15-33(17-23(19-7-9-30-10-8-19)24(18)32-11-2-3-12-32)25(35)20-14-31-34(16-20)21-5-4-6-22(13-21)36-26(27,28)29/h4-10,13-14,16,18,23-24H,2-3,11-12,15,17H2,1H3. The van der Waals surface area contributed by atoms with Gasteiger partial charge in [0.25, 0.3) is 5.91 Å². The van der Waals surface area contributed by atoms with Crippen LogP contribution in [0, 0.1) is 5.92 Å². The maximum atomic E-state index is 13.5. The molecule has 0 saturated carbocycles. The van der Waals surface area contributed by atoms with Crippen LogP contribution in [0.1, 0.15) is 41.6 Å². The largest absolute Gasteiger partial charge is 0.573 e. The van der Waals surface area contributed by atoms with Gasteiger partial charge in [0.05, 0.1) is 17.4 Å². The van der Waals surface area contributed by atoms with E-state index in [1.165, 1.54) is 47.5 Å². The van der Waals surface area contributed by atoms with Crippen molar-refractivity contribution in [2.24, 2.45) is 5.92 Å². The van der Waals surface area contributed by atoms with Gasteiger partial charge in [-0.25, -0.2) is 4.68 Å². The Kier molecular flexibility index (Phi) is 6.70. The van der Waals surface area contributed by atoms with Gasteiger partial charge in [0.1, 0.15) is 5.75 Å². The average molecular weight is 500 g/mol. The molecule has 4 heterocycles. The fourth-order valence-corrected chi connectivity index (χ4v) is 5.59. The summed E-state index contributed by atoms with van der Waals surface area (Å²) >= 11 is 0. The number of carbonyl (C=O) groups is 1. The van der Waals surface area contributed by atoms with E-state index in [9.17, 15) is 18.0 Å². The molecule has 2 aromatic heterocycles. The minimum Gasteiger partial charge on any atom is -0.406 e. The topological polar surface area (TPSA) is 63.5 Å². The summed E-state index contributed by atoms with van der Waals surface area (Å²) in [6.07, 6.45) is 4.21. The molecule has 5 rings (SSSR count). The number of piperidine rings is 1. The molecule has 3 aromatic rings. The summed E-state index contributed by atoms with van der Waals surface area (Å²) in [7, 11) is 0. The van der Waals surface area contributed by atoms with Gasteiger partial charge in [0.2, 0.25) is 0 Å². The van der Waals surface area contributed by atoms with Crippen LogP contribution in [0.3, 0.4) is 0 Å². The molecule has 2 aliphatic heterocycles. The van der Waals surface area contributed by atoms with Gasteiger partial charge < -0.3 is 9.64 Å². The molecule has 190 valence electrons. The number of nitrogens with zero attached hydrogens (tertiary/aromatic N) is 5. The molecule has 0 N–H and O–H groups in total. The first-order valence-corrected chi connectivity index (χ1v) is 12.1. The lowest BCUT2D eigenvalue weighted by Gasteiger charge is -2.46. The summed E-state index contributed by atoms with van der Waals surface area (Å²) in [5.74, 6) is -0.0636. The number of likely N-dealkylation sites (tertiary alicyclic amines) is 2. The van der Waals surface area contributed by atoms with Crippen LogP contribution in [0.25, 0.3) is 5.69 Å². The van der Waals surface area contributed by atoms with E-state index in [1.807, 2.05) is 17.0 Å². The minimum absolute atomic E-state index is 0.144. The Morgan fingerprint density at radius 1 is 1.08 bits per heavy atom. The van der Waals surface area contributed by atoms with Crippen LogP contribution < -0.4 is 4.74 Å². The van der Waals surface area contributed by atoms with E-state index in [0.717, 1.165) is 13.1 Å². The van der Waals surface area contributed by atoms with Crippen molar-refractivity contribution in [1.29, 1.82) is 0 Å². The monoisotopic (exact) mass is 499 g/mol. The molecule has 1 aromatic carbocycles. The SMILES string of the molecule is CC1CN(C(=O)c2cnn(-c3cccc(OC(F)(F)F)c3)c2)CC(c2ccncc2)C1N1CCCC1. The number of hydrogen-bond acceptors (Lipinski definition) is 5. The van der Waals surface area contributed by atoms with Crippen molar-refractivity contribution in [3.63, 3.8) is 0 Å². The van der Waals surface area contributed by atoms with Crippen LogP contribution in [0.2, 0.25) is 0 Å². The van der Waals surface area contributed by atoms with Crippen molar-refractivity contribution in [3.05, 3.63) is 72.3 Å². The highest BCUT2D eigenvalue weighted by atomic mass is 19.4. The van der Waals surface area contributed by atoms with Gasteiger partial charge in [0.15, 0.2) is 0 Å². The molecule has 3 unspecified atom stereocenters. The average Bonchev–Trinajstić information content (AvgIpc) is 3.55. The summed E-state index contributed by atoms with van der Waals surface area (Å²) in [5, 5.41) is 4.23. The number of aromatic nitrogens is 3. The fourth-order valence-electron chi connectivity index (χ4n) is 5.59. The highest BCUT2D eigenvalue weighted by molar-refractivity contribution is 5.94. The molecular weight excluding hydrogens is 471 g/mol. The zero-order chi connectivity index (χ0) is 25.3. The highest BCUT2D eigenvalue weighted by Gasteiger charge is 2.41. The first kappa shape index (κ1) is 24.3. The van der Waals surface area contributed by atoms with Crippen molar-refractivity contribution in [3.8, 4) is 11.4 Å². The lowest BCUT2D eigenvalue weighted by Crippen LogP contribution is -2.55. The molecule has 3 atom stereocenters. The number of alkyl halides is 3. The maximum absolute atomic E-state index is 13.5. The highest BCUT2D eigenvalue weighted by Crippen LogP contribution is 2.36. The quantitative estimate of drug-likeness (QED) is 0.517. The summed E-state index contributed by atoms with van der Waals surface area (Å²) in [5.41, 5.74) is 1.92.